The summed E-state index contributed by atoms with van der Waals surface area (Å²) in [5.74, 6) is 0.0707. The lowest BCUT2D eigenvalue weighted by molar-refractivity contribution is -0.384. The summed E-state index contributed by atoms with van der Waals surface area (Å²) >= 11 is 6.15. The third-order valence-electron chi connectivity index (χ3n) is 3.61. The zero-order valence-corrected chi connectivity index (χ0v) is 12.3. The van der Waals surface area contributed by atoms with E-state index < -0.39 is 4.92 Å². The van der Waals surface area contributed by atoms with Gasteiger partial charge in [-0.2, -0.15) is 0 Å². The van der Waals surface area contributed by atoms with Gasteiger partial charge in [-0.3, -0.25) is 14.9 Å². The number of hydrogen-bond donors (Lipinski definition) is 0. The van der Waals surface area contributed by atoms with E-state index in [9.17, 15) is 14.9 Å². The molecule has 0 saturated carbocycles. The van der Waals surface area contributed by atoms with E-state index >= 15 is 0 Å². The maximum Gasteiger partial charge on any atom is 0.270 e. The van der Waals surface area contributed by atoms with E-state index in [1.165, 1.54) is 12.1 Å². The molecule has 1 amide bonds. The van der Waals surface area contributed by atoms with Crippen LogP contribution >= 0.6 is 11.6 Å². The molecule has 2 rings (SSSR count). The van der Waals surface area contributed by atoms with Crippen LogP contribution in [-0.2, 0) is 0 Å². The van der Waals surface area contributed by atoms with Gasteiger partial charge in [-0.25, -0.2) is 0 Å². The SMILES string of the molecule is Cc1cc(C(=O)N2CCC(Cl)C(C)C2)cc([N+](=O)[O-])c1. The van der Waals surface area contributed by atoms with Crippen molar-refractivity contribution in [2.24, 2.45) is 5.92 Å². The van der Waals surface area contributed by atoms with E-state index in [-0.39, 0.29) is 22.9 Å². The molecule has 1 aliphatic rings. The van der Waals surface area contributed by atoms with Crippen LogP contribution in [0.5, 0.6) is 0 Å². The molecule has 0 aromatic heterocycles. The van der Waals surface area contributed by atoms with Crippen LogP contribution in [0.3, 0.4) is 0 Å². The number of hydrogen-bond acceptors (Lipinski definition) is 3. The van der Waals surface area contributed by atoms with Crippen molar-refractivity contribution in [3.05, 3.63) is 39.4 Å². The maximum absolute atomic E-state index is 12.4. The van der Waals surface area contributed by atoms with Gasteiger partial charge in [0.2, 0.25) is 0 Å². The number of piperidine rings is 1. The molecule has 1 aromatic carbocycles. The van der Waals surface area contributed by atoms with Crippen molar-refractivity contribution >= 4 is 23.2 Å². The van der Waals surface area contributed by atoms with E-state index in [4.69, 9.17) is 11.6 Å². The number of carbonyl (C=O) groups is 1. The predicted molar refractivity (Wildman–Crippen MR) is 77.2 cm³/mol. The van der Waals surface area contributed by atoms with Crippen LogP contribution in [0.15, 0.2) is 18.2 Å². The maximum atomic E-state index is 12.4. The summed E-state index contributed by atoms with van der Waals surface area (Å²) in [6, 6.07) is 4.49. The number of non-ortho nitro benzene ring substituents is 1. The summed E-state index contributed by atoms with van der Waals surface area (Å²) in [4.78, 5) is 24.6. The van der Waals surface area contributed by atoms with Gasteiger partial charge in [0.25, 0.3) is 11.6 Å². The highest BCUT2D eigenvalue weighted by molar-refractivity contribution is 6.20. The number of nitro groups is 1. The van der Waals surface area contributed by atoms with E-state index in [0.29, 0.717) is 24.2 Å². The lowest BCUT2D eigenvalue weighted by Gasteiger charge is -2.34. The van der Waals surface area contributed by atoms with Crippen LogP contribution in [0.2, 0.25) is 0 Å². The summed E-state index contributed by atoms with van der Waals surface area (Å²) < 4.78 is 0. The number of carbonyl (C=O) groups excluding carboxylic acids is 1. The molecule has 5 nitrogen and oxygen atoms in total. The number of rotatable bonds is 2. The third-order valence-corrected chi connectivity index (χ3v) is 4.26. The van der Waals surface area contributed by atoms with E-state index in [1.54, 1.807) is 17.9 Å². The van der Waals surface area contributed by atoms with E-state index in [1.807, 2.05) is 6.92 Å². The molecule has 0 bridgehead atoms. The molecule has 2 atom stereocenters. The van der Waals surface area contributed by atoms with Crippen molar-refractivity contribution in [3.8, 4) is 0 Å². The van der Waals surface area contributed by atoms with Gasteiger partial charge in [0.1, 0.15) is 0 Å². The van der Waals surface area contributed by atoms with Crippen LogP contribution in [-0.4, -0.2) is 34.2 Å². The molecular formula is C14H17ClN2O3. The minimum Gasteiger partial charge on any atom is -0.338 e. The molecule has 1 aliphatic heterocycles. The first-order valence-corrected chi connectivity index (χ1v) is 7.01. The Labute approximate surface area is 122 Å². The van der Waals surface area contributed by atoms with Crippen molar-refractivity contribution in [1.82, 2.24) is 4.90 Å². The number of nitro benzene ring substituents is 1. The minimum absolute atomic E-state index is 0.0476. The zero-order chi connectivity index (χ0) is 14.9. The average molecular weight is 297 g/mol. The van der Waals surface area contributed by atoms with Gasteiger partial charge in [0.15, 0.2) is 0 Å². The van der Waals surface area contributed by atoms with Crippen molar-refractivity contribution in [2.75, 3.05) is 13.1 Å². The lowest BCUT2D eigenvalue weighted by atomic mass is 9.98. The van der Waals surface area contributed by atoms with Crippen LogP contribution in [0, 0.1) is 23.0 Å². The van der Waals surface area contributed by atoms with E-state index in [2.05, 4.69) is 0 Å². The predicted octanol–water partition coefficient (Wildman–Crippen LogP) is 2.99. The van der Waals surface area contributed by atoms with Crippen molar-refractivity contribution in [3.63, 3.8) is 0 Å². The molecule has 0 radical (unpaired) electrons. The van der Waals surface area contributed by atoms with Gasteiger partial charge in [-0.15, -0.1) is 11.6 Å². The first-order valence-electron chi connectivity index (χ1n) is 6.58. The Bertz CT molecular complexity index is 547. The monoisotopic (exact) mass is 296 g/mol. The molecule has 0 aliphatic carbocycles. The molecule has 1 aromatic rings. The summed E-state index contributed by atoms with van der Waals surface area (Å²) in [5.41, 5.74) is 1.04. The third kappa shape index (κ3) is 3.10. The zero-order valence-electron chi connectivity index (χ0n) is 11.5. The summed E-state index contributed by atoms with van der Waals surface area (Å²) in [6.45, 7) is 4.95. The molecule has 1 saturated heterocycles. The molecule has 6 heteroatoms. The van der Waals surface area contributed by atoms with Gasteiger partial charge < -0.3 is 4.90 Å². The molecule has 1 heterocycles. The Hall–Kier alpha value is -1.62. The highest BCUT2D eigenvalue weighted by atomic mass is 35.5. The first-order chi connectivity index (χ1) is 9.38. The number of aryl methyl sites for hydroxylation is 1. The Morgan fingerprint density at radius 3 is 2.75 bits per heavy atom. The second-order valence-electron chi connectivity index (χ2n) is 5.35. The number of benzene rings is 1. The van der Waals surface area contributed by atoms with Crippen molar-refractivity contribution in [2.45, 2.75) is 25.6 Å². The van der Waals surface area contributed by atoms with E-state index in [0.717, 1.165) is 6.42 Å². The fourth-order valence-corrected chi connectivity index (χ4v) is 2.65. The molecule has 0 spiro atoms. The van der Waals surface area contributed by atoms with Crippen LogP contribution < -0.4 is 0 Å². The Morgan fingerprint density at radius 2 is 2.15 bits per heavy atom. The van der Waals surface area contributed by atoms with Gasteiger partial charge in [-0.1, -0.05) is 6.92 Å². The lowest BCUT2D eigenvalue weighted by Crippen LogP contribution is -2.43. The standard InChI is InChI=1S/C14H17ClN2O3/c1-9-5-11(7-12(6-9)17(19)20)14(18)16-4-3-13(15)10(2)8-16/h5-7,10,13H,3-4,8H2,1-2H3. The second-order valence-corrected chi connectivity index (χ2v) is 5.91. The number of likely N-dealkylation sites (tertiary alicyclic amines) is 1. The fourth-order valence-electron chi connectivity index (χ4n) is 2.48. The summed E-state index contributed by atoms with van der Waals surface area (Å²) in [6.07, 6.45) is 0.752. The quantitative estimate of drug-likeness (QED) is 0.479. The second kappa shape index (κ2) is 5.79. The number of alkyl halides is 1. The van der Waals surface area contributed by atoms with Crippen LogP contribution in [0.1, 0.15) is 29.3 Å². The molecule has 2 unspecified atom stereocenters. The number of halogens is 1. The molecular weight excluding hydrogens is 280 g/mol. The molecule has 0 N–H and O–H groups in total. The van der Waals surface area contributed by atoms with Crippen molar-refractivity contribution in [1.29, 1.82) is 0 Å². The molecule has 108 valence electrons. The highest BCUT2D eigenvalue weighted by Gasteiger charge is 2.28. The topological polar surface area (TPSA) is 63.5 Å². The number of amides is 1. The molecule has 20 heavy (non-hydrogen) atoms. The molecule has 1 fully saturated rings. The minimum atomic E-state index is -0.475. The number of nitrogens with zero attached hydrogens (tertiary/aromatic N) is 2. The van der Waals surface area contributed by atoms with Crippen LogP contribution in [0.25, 0.3) is 0 Å². The Balaban J connectivity index is 2.23. The normalized spacial score (nSPS) is 22.6. The fraction of sp³-hybridized carbons (Fsp3) is 0.500. The Morgan fingerprint density at radius 1 is 1.45 bits per heavy atom. The first kappa shape index (κ1) is 14.8. The Kier molecular flexibility index (Phi) is 4.28. The van der Waals surface area contributed by atoms with Gasteiger partial charge in [0.05, 0.1) is 4.92 Å². The van der Waals surface area contributed by atoms with Gasteiger partial charge >= 0.3 is 0 Å². The summed E-state index contributed by atoms with van der Waals surface area (Å²) in [7, 11) is 0. The summed E-state index contributed by atoms with van der Waals surface area (Å²) in [5, 5.41) is 11.0. The largest absolute Gasteiger partial charge is 0.338 e. The van der Waals surface area contributed by atoms with Crippen molar-refractivity contribution < 1.29 is 9.72 Å². The van der Waals surface area contributed by atoms with Gasteiger partial charge in [-0.05, 0) is 30.9 Å². The smallest absolute Gasteiger partial charge is 0.270 e. The van der Waals surface area contributed by atoms with Crippen LogP contribution in [0.4, 0.5) is 5.69 Å². The average Bonchev–Trinajstić information content (AvgIpc) is 2.40. The van der Waals surface area contributed by atoms with Gasteiger partial charge in [0, 0.05) is 36.2 Å². The highest BCUT2D eigenvalue weighted by Crippen LogP contribution is 2.24.